The van der Waals surface area contributed by atoms with E-state index in [1.807, 2.05) is 0 Å². The van der Waals surface area contributed by atoms with Crippen LogP contribution in [0, 0.1) is 0 Å². The minimum atomic E-state index is 0.166. The quantitative estimate of drug-likeness (QED) is 0.466. The van der Waals surface area contributed by atoms with Gasteiger partial charge in [-0.15, -0.1) is 11.6 Å². The summed E-state index contributed by atoms with van der Waals surface area (Å²) < 4.78 is 4.87. The lowest BCUT2D eigenvalue weighted by molar-refractivity contribution is 0.391. The zero-order chi connectivity index (χ0) is 11.4. The second-order valence-electron chi connectivity index (χ2n) is 2.90. The predicted octanol–water partition coefficient (Wildman–Crippen LogP) is 2.44. The maximum absolute atomic E-state index is 10.1. The van der Waals surface area contributed by atoms with E-state index in [1.54, 1.807) is 24.3 Å². The van der Waals surface area contributed by atoms with E-state index in [0.717, 1.165) is 0 Å². The maximum atomic E-state index is 10.1. The highest BCUT2D eigenvalue weighted by Crippen LogP contribution is 2.21. The molecule has 0 aliphatic rings. The number of benzene rings is 1. The van der Waals surface area contributed by atoms with Crippen LogP contribution in [-0.4, -0.2) is 16.2 Å². The number of alkyl halides is 1. The minimum absolute atomic E-state index is 0.166. The van der Waals surface area contributed by atoms with Crippen LogP contribution in [0.3, 0.4) is 0 Å². The summed E-state index contributed by atoms with van der Waals surface area (Å²) in [5.41, 5.74) is 1.20. The third-order valence-electron chi connectivity index (χ3n) is 1.86. The van der Waals surface area contributed by atoms with Gasteiger partial charge in [0, 0.05) is 5.56 Å². The minimum Gasteiger partial charge on any atom is -0.338 e. The second kappa shape index (κ2) is 4.70. The Balaban J connectivity index is 2.39. The molecule has 1 heterocycles. The van der Waals surface area contributed by atoms with Gasteiger partial charge in [0.25, 0.3) is 0 Å². The van der Waals surface area contributed by atoms with Crippen molar-refractivity contribution in [3.8, 4) is 11.4 Å². The highest BCUT2D eigenvalue weighted by molar-refractivity contribution is 6.16. The maximum Gasteiger partial charge on any atom is 0.241 e. The Morgan fingerprint density at radius 3 is 3.06 bits per heavy atom. The standard InChI is InChI=1S/C10H6ClN3O2/c11-5-9-13-10(14-16-9)7-2-1-3-8(4-7)12-6-15/h1-4H,5H2. The van der Waals surface area contributed by atoms with E-state index in [4.69, 9.17) is 16.1 Å². The molecule has 16 heavy (non-hydrogen) atoms. The average Bonchev–Trinajstić information content (AvgIpc) is 2.78. The number of isocyanates is 1. The Morgan fingerprint density at radius 1 is 1.50 bits per heavy atom. The van der Waals surface area contributed by atoms with Crippen molar-refractivity contribution in [2.75, 3.05) is 0 Å². The molecule has 2 aromatic rings. The molecule has 1 aromatic carbocycles. The molecule has 2 rings (SSSR count). The fourth-order valence-corrected chi connectivity index (χ4v) is 1.30. The van der Waals surface area contributed by atoms with Crippen LogP contribution >= 0.6 is 11.6 Å². The topological polar surface area (TPSA) is 68.3 Å². The molecule has 0 fully saturated rings. The number of hydrogen-bond acceptors (Lipinski definition) is 5. The molecule has 0 N–H and O–H groups in total. The van der Waals surface area contributed by atoms with E-state index in [1.165, 1.54) is 6.08 Å². The number of nitrogens with zero attached hydrogens (tertiary/aromatic N) is 3. The van der Waals surface area contributed by atoms with Gasteiger partial charge in [0.2, 0.25) is 17.8 Å². The summed E-state index contributed by atoms with van der Waals surface area (Å²) in [6.07, 6.45) is 1.47. The van der Waals surface area contributed by atoms with Gasteiger partial charge in [-0.3, -0.25) is 0 Å². The van der Waals surface area contributed by atoms with Crippen molar-refractivity contribution in [2.24, 2.45) is 4.99 Å². The van der Waals surface area contributed by atoms with Gasteiger partial charge in [0.15, 0.2) is 0 Å². The highest BCUT2D eigenvalue weighted by Gasteiger charge is 2.07. The Bertz CT molecular complexity index is 547. The average molecular weight is 236 g/mol. The molecule has 0 aliphatic heterocycles. The van der Waals surface area contributed by atoms with Crippen LogP contribution in [0.1, 0.15) is 5.89 Å². The van der Waals surface area contributed by atoms with E-state index in [-0.39, 0.29) is 5.88 Å². The molecular formula is C10H6ClN3O2. The first-order chi connectivity index (χ1) is 7.83. The summed E-state index contributed by atoms with van der Waals surface area (Å²) in [6.45, 7) is 0. The SMILES string of the molecule is O=C=Nc1cccc(-c2noc(CCl)n2)c1. The molecule has 80 valence electrons. The first-order valence-electron chi connectivity index (χ1n) is 4.40. The monoisotopic (exact) mass is 235 g/mol. The largest absolute Gasteiger partial charge is 0.338 e. The van der Waals surface area contributed by atoms with Gasteiger partial charge in [-0.2, -0.15) is 9.98 Å². The summed E-state index contributed by atoms with van der Waals surface area (Å²) in [5, 5.41) is 3.75. The highest BCUT2D eigenvalue weighted by atomic mass is 35.5. The van der Waals surface area contributed by atoms with Crippen LogP contribution < -0.4 is 0 Å². The predicted molar refractivity (Wildman–Crippen MR) is 57.1 cm³/mol. The number of aromatic nitrogens is 2. The smallest absolute Gasteiger partial charge is 0.241 e. The number of halogens is 1. The van der Waals surface area contributed by atoms with Crippen molar-refractivity contribution >= 4 is 23.4 Å². The molecule has 0 saturated carbocycles. The van der Waals surface area contributed by atoms with E-state index in [2.05, 4.69) is 15.1 Å². The van der Waals surface area contributed by atoms with Gasteiger partial charge in [0.05, 0.1) is 5.69 Å². The zero-order valence-corrected chi connectivity index (χ0v) is 8.81. The van der Waals surface area contributed by atoms with Crippen LogP contribution in [0.25, 0.3) is 11.4 Å². The van der Waals surface area contributed by atoms with Crippen LogP contribution in [0.2, 0.25) is 0 Å². The number of hydrogen-bond donors (Lipinski definition) is 0. The molecule has 0 amide bonds. The summed E-state index contributed by atoms with van der Waals surface area (Å²) in [5.74, 6) is 0.929. The van der Waals surface area contributed by atoms with Crippen LogP contribution in [-0.2, 0) is 10.7 Å². The van der Waals surface area contributed by atoms with Crippen LogP contribution in [0.15, 0.2) is 33.8 Å². The van der Waals surface area contributed by atoms with E-state index in [9.17, 15) is 4.79 Å². The molecule has 0 spiro atoms. The van der Waals surface area contributed by atoms with E-state index >= 15 is 0 Å². The van der Waals surface area contributed by atoms with Crippen molar-refractivity contribution in [3.05, 3.63) is 30.2 Å². The Kier molecular flexibility index (Phi) is 3.10. The van der Waals surface area contributed by atoms with Crippen LogP contribution in [0.4, 0.5) is 5.69 Å². The van der Waals surface area contributed by atoms with Gasteiger partial charge in [-0.05, 0) is 12.1 Å². The summed E-state index contributed by atoms with van der Waals surface area (Å²) in [7, 11) is 0. The van der Waals surface area contributed by atoms with Crippen molar-refractivity contribution in [1.29, 1.82) is 0 Å². The number of rotatable bonds is 3. The summed E-state index contributed by atoms with van der Waals surface area (Å²) >= 11 is 5.54. The van der Waals surface area contributed by atoms with Gasteiger partial charge >= 0.3 is 0 Å². The van der Waals surface area contributed by atoms with Crippen molar-refractivity contribution in [2.45, 2.75) is 5.88 Å². The molecule has 0 unspecified atom stereocenters. The molecule has 0 aliphatic carbocycles. The van der Waals surface area contributed by atoms with Gasteiger partial charge in [-0.25, -0.2) is 4.79 Å². The second-order valence-corrected chi connectivity index (χ2v) is 3.17. The summed E-state index contributed by atoms with van der Waals surface area (Å²) in [6, 6.07) is 6.86. The third kappa shape index (κ3) is 2.16. The lowest BCUT2D eigenvalue weighted by atomic mass is 10.2. The van der Waals surface area contributed by atoms with E-state index in [0.29, 0.717) is 23.0 Å². The summed E-state index contributed by atoms with van der Waals surface area (Å²) in [4.78, 5) is 17.7. The Morgan fingerprint density at radius 2 is 2.38 bits per heavy atom. The van der Waals surface area contributed by atoms with E-state index < -0.39 is 0 Å². The molecule has 0 saturated heterocycles. The molecule has 6 heteroatoms. The first-order valence-corrected chi connectivity index (χ1v) is 4.94. The fraction of sp³-hybridized carbons (Fsp3) is 0.100. The number of aliphatic imine (C=N–C) groups is 1. The molecule has 0 bridgehead atoms. The molecular weight excluding hydrogens is 230 g/mol. The molecule has 5 nitrogen and oxygen atoms in total. The molecule has 0 atom stereocenters. The van der Waals surface area contributed by atoms with Crippen LogP contribution in [0.5, 0.6) is 0 Å². The molecule has 1 aromatic heterocycles. The zero-order valence-electron chi connectivity index (χ0n) is 8.05. The van der Waals surface area contributed by atoms with Crippen molar-refractivity contribution in [1.82, 2.24) is 10.1 Å². The Labute approximate surface area is 95.8 Å². The van der Waals surface area contributed by atoms with Crippen molar-refractivity contribution in [3.63, 3.8) is 0 Å². The fourth-order valence-electron chi connectivity index (χ4n) is 1.19. The van der Waals surface area contributed by atoms with Crippen molar-refractivity contribution < 1.29 is 9.32 Å². The van der Waals surface area contributed by atoms with Gasteiger partial charge < -0.3 is 4.52 Å². The molecule has 0 radical (unpaired) electrons. The van der Waals surface area contributed by atoms with Gasteiger partial charge in [-0.1, -0.05) is 17.3 Å². The third-order valence-corrected chi connectivity index (χ3v) is 2.09. The number of carbonyl (C=O) groups excluding carboxylic acids is 1. The normalized spacial score (nSPS) is 9.81. The Hall–Kier alpha value is -1.97. The lowest BCUT2D eigenvalue weighted by Crippen LogP contribution is -1.81. The lowest BCUT2D eigenvalue weighted by Gasteiger charge is -1.94. The van der Waals surface area contributed by atoms with Gasteiger partial charge in [0.1, 0.15) is 5.88 Å². The first kappa shape index (κ1) is 10.5.